The second-order valence-corrected chi connectivity index (χ2v) is 6.14. The predicted molar refractivity (Wildman–Crippen MR) is 95.1 cm³/mol. The van der Waals surface area contributed by atoms with E-state index in [2.05, 4.69) is 22.3 Å². The van der Waals surface area contributed by atoms with E-state index in [1.54, 1.807) is 0 Å². The van der Waals surface area contributed by atoms with Crippen molar-refractivity contribution in [2.45, 2.75) is 13.0 Å². The number of aryl methyl sites for hydroxylation is 1. The molecule has 24 heavy (non-hydrogen) atoms. The molecule has 2 aromatic rings. The zero-order valence-corrected chi connectivity index (χ0v) is 14.1. The van der Waals surface area contributed by atoms with E-state index in [0.717, 1.165) is 37.4 Å². The fourth-order valence-corrected chi connectivity index (χ4v) is 3.03. The van der Waals surface area contributed by atoms with E-state index < -0.39 is 0 Å². The van der Waals surface area contributed by atoms with Crippen LogP contribution in [0.15, 0.2) is 54.6 Å². The molecule has 0 bridgehead atoms. The van der Waals surface area contributed by atoms with E-state index in [4.69, 9.17) is 4.74 Å². The molecule has 2 aromatic carbocycles. The smallest absolute Gasteiger partial charge is 0.251 e. The second-order valence-electron chi connectivity index (χ2n) is 6.14. The van der Waals surface area contributed by atoms with Crippen LogP contribution in [0.4, 0.5) is 0 Å². The van der Waals surface area contributed by atoms with Gasteiger partial charge in [-0.05, 0) is 24.1 Å². The summed E-state index contributed by atoms with van der Waals surface area (Å²) in [6, 6.07) is 18.0. The van der Waals surface area contributed by atoms with Crippen molar-refractivity contribution in [3.8, 4) is 0 Å². The highest BCUT2D eigenvalue weighted by Crippen LogP contribution is 2.21. The fraction of sp³-hybridized carbons (Fsp3) is 0.350. The molecule has 1 fully saturated rings. The van der Waals surface area contributed by atoms with Crippen molar-refractivity contribution in [2.75, 3.05) is 32.8 Å². The van der Waals surface area contributed by atoms with Crippen molar-refractivity contribution < 1.29 is 9.53 Å². The van der Waals surface area contributed by atoms with E-state index in [-0.39, 0.29) is 12.0 Å². The summed E-state index contributed by atoms with van der Waals surface area (Å²) in [5.74, 6) is 0.000897. The summed E-state index contributed by atoms with van der Waals surface area (Å²) < 4.78 is 5.88. The Morgan fingerprint density at radius 3 is 2.71 bits per heavy atom. The van der Waals surface area contributed by atoms with Crippen molar-refractivity contribution in [1.82, 2.24) is 10.2 Å². The summed E-state index contributed by atoms with van der Waals surface area (Å²) in [6.45, 7) is 5.94. The first kappa shape index (κ1) is 16.7. The maximum absolute atomic E-state index is 12.2. The van der Waals surface area contributed by atoms with Gasteiger partial charge in [0, 0.05) is 31.7 Å². The minimum Gasteiger partial charge on any atom is -0.371 e. The lowest BCUT2D eigenvalue weighted by molar-refractivity contribution is -0.0293. The molecule has 0 aromatic heterocycles. The summed E-state index contributed by atoms with van der Waals surface area (Å²) >= 11 is 0. The van der Waals surface area contributed by atoms with E-state index in [0.29, 0.717) is 6.54 Å². The lowest BCUT2D eigenvalue weighted by Crippen LogP contribution is -2.42. The van der Waals surface area contributed by atoms with Gasteiger partial charge in [-0.15, -0.1) is 0 Å². The molecule has 1 aliphatic heterocycles. The number of hydrogen-bond donors (Lipinski definition) is 1. The summed E-state index contributed by atoms with van der Waals surface area (Å²) in [4.78, 5) is 14.6. The normalized spacial score (nSPS) is 18.3. The number of rotatable bonds is 5. The van der Waals surface area contributed by atoms with Crippen LogP contribution in [0.1, 0.15) is 27.6 Å². The molecule has 3 rings (SSSR count). The van der Waals surface area contributed by atoms with Gasteiger partial charge in [0.05, 0.1) is 12.7 Å². The molecule has 126 valence electrons. The van der Waals surface area contributed by atoms with Gasteiger partial charge in [0.25, 0.3) is 5.91 Å². The van der Waals surface area contributed by atoms with E-state index >= 15 is 0 Å². The largest absolute Gasteiger partial charge is 0.371 e. The number of carbonyl (C=O) groups is 1. The number of morpholine rings is 1. The Labute approximate surface area is 143 Å². The Morgan fingerprint density at radius 2 is 1.92 bits per heavy atom. The molecule has 0 radical (unpaired) electrons. The molecule has 1 atom stereocenters. The first-order chi connectivity index (χ1) is 11.7. The number of nitrogens with zero attached hydrogens (tertiary/aromatic N) is 1. The Bertz CT molecular complexity index is 672. The Kier molecular flexibility index (Phi) is 5.62. The summed E-state index contributed by atoms with van der Waals surface area (Å²) in [5.41, 5.74) is 2.97. The van der Waals surface area contributed by atoms with Crippen LogP contribution < -0.4 is 5.32 Å². The summed E-state index contributed by atoms with van der Waals surface area (Å²) in [6.07, 6.45) is 0.118. The van der Waals surface area contributed by atoms with Gasteiger partial charge >= 0.3 is 0 Å². The van der Waals surface area contributed by atoms with E-state index in [1.807, 2.05) is 49.4 Å². The maximum atomic E-state index is 12.2. The molecule has 4 nitrogen and oxygen atoms in total. The van der Waals surface area contributed by atoms with Gasteiger partial charge in [-0.2, -0.15) is 0 Å². The number of hydrogen-bond acceptors (Lipinski definition) is 3. The van der Waals surface area contributed by atoms with Crippen LogP contribution in [0.3, 0.4) is 0 Å². The van der Waals surface area contributed by atoms with Gasteiger partial charge < -0.3 is 10.1 Å². The third kappa shape index (κ3) is 4.22. The quantitative estimate of drug-likeness (QED) is 0.919. The van der Waals surface area contributed by atoms with Crippen LogP contribution in [0, 0.1) is 6.92 Å². The molecule has 4 heteroatoms. The third-order valence-corrected chi connectivity index (χ3v) is 4.43. The number of carbonyl (C=O) groups excluding carboxylic acids is 1. The SMILES string of the molecule is Cc1ccccc1C(=O)NCCN1CCOC(c2ccccc2)C1. The van der Waals surface area contributed by atoms with Crippen LogP contribution in [-0.2, 0) is 4.74 Å². The first-order valence-electron chi connectivity index (χ1n) is 8.47. The molecule has 0 spiro atoms. The van der Waals surface area contributed by atoms with Crippen molar-refractivity contribution in [3.05, 3.63) is 71.3 Å². The highest BCUT2D eigenvalue weighted by molar-refractivity contribution is 5.95. The van der Waals surface area contributed by atoms with Crippen LogP contribution in [0.25, 0.3) is 0 Å². The Hall–Kier alpha value is -2.17. The average molecular weight is 324 g/mol. The van der Waals surface area contributed by atoms with Crippen LogP contribution in [0.2, 0.25) is 0 Å². The molecule has 1 unspecified atom stereocenters. The lowest BCUT2D eigenvalue weighted by Gasteiger charge is -2.33. The molecular weight excluding hydrogens is 300 g/mol. The molecule has 0 saturated carbocycles. The molecule has 1 aliphatic rings. The van der Waals surface area contributed by atoms with Crippen molar-refractivity contribution in [3.63, 3.8) is 0 Å². The molecule has 1 N–H and O–H groups in total. The molecule has 1 heterocycles. The van der Waals surface area contributed by atoms with Crippen molar-refractivity contribution in [1.29, 1.82) is 0 Å². The second kappa shape index (κ2) is 8.08. The van der Waals surface area contributed by atoms with E-state index in [9.17, 15) is 4.79 Å². The molecule has 1 saturated heterocycles. The Balaban J connectivity index is 1.48. The standard InChI is InChI=1S/C20H24N2O2/c1-16-7-5-6-10-18(16)20(23)21-11-12-22-13-14-24-19(15-22)17-8-3-2-4-9-17/h2-10,19H,11-15H2,1H3,(H,21,23). The van der Waals surface area contributed by atoms with Crippen LogP contribution >= 0.6 is 0 Å². The van der Waals surface area contributed by atoms with E-state index in [1.165, 1.54) is 5.56 Å². The van der Waals surface area contributed by atoms with Gasteiger partial charge in [-0.3, -0.25) is 9.69 Å². The van der Waals surface area contributed by atoms with Gasteiger partial charge in [0.15, 0.2) is 0 Å². The minimum absolute atomic E-state index is 0.000897. The molecule has 0 aliphatic carbocycles. The number of nitrogens with one attached hydrogen (secondary N) is 1. The first-order valence-corrected chi connectivity index (χ1v) is 8.47. The lowest BCUT2D eigenvalue weighted by atomic mass is 10.1. The zero-order chi connectivity index (χ0) is 16.8. The molecule has 1 amide bonds. The van der Waals surface area contributed by atoms with Gasteiger partial charge in [0.1, 0.15) is 0 Å². The Morgan fingerprint density at radius 1 is 1.17 bits per heavy atom. The van der Waals surface area contributed by atoms with Gasteiger partial charge in [-0.25, -0.2) is 0 Å². The van der Waals surface area contributed by atoms with Crippen molar-refractivity contribution >= 4 is 5.91 Å². The van der Waals surface area contributed by atoms with Gasteiger partial charge in [0.2, 0.25) is 0 Å². The number of amides is 1. The third-order valence-electron chi connectivity index (χ3n) is 4.43. The highest BCUT2D eigenvalue weighted by Gasteiger charge is 2.21. The monoisotopic (exact) mass is 324 g/mol. The predicted octanol–water partition coefficient (Wildman–Crippen LogP) is 2.80. The number of benzene rings is 2. The zero-order valence-electron chi connectivity index (χ0n) is 14.1. The van der Waals surface area contributed by atoms with Crippen LogP contribution in [0.5, 0.6) is 0 Å². The molecular formula is C20H24N2O2. The highest BCUT2D eigenvalue weighted by atomic mass is 16.5. The van der Waals surface area contributed by atoms with Crippen molar-refractivity contribution in [2.24, 2.45) is 0 Å². The van der Waals surface area contributed by atoms with Crippen LogP contribution in [-0.4, -0.2) is 43.6 Å². The fourth-order valence-electron chi connectivity index (χ4n) is 3.03. The minimum atomic E-state index is 0.000897. The average Bonchev–Trinajstić information content (AvgIpc) is 2.63. The number of ether oxygens (including phenoxy) is 1. The maximum Gasteiger partial charge on any atom is 0.251 e. The van der Waals surface area contributed by atoms with Gasteiger partial charge in [-0.1, -0.05) is 48.5 Å². The topological polar surface area (TPSA) is 41.6 Å². The summed E-state index contributed by atoms with van der Waals surface area (Å²) in [7, 11) is 0. The summed E-state index contributed by atoms with van der Waals surface area (Å²) in [5, 5.41) is 3.02.